The molecule has 1 unspecified atom stereocenters. The van der Waals surface area contributed by atoms with Gasteiger partial charge in [-0.05, 0) is 88.5 Å². The monoisotopic (exact) mass is 948 g/mol. The van der Waals surface area contributed by atoms with Crippen molar-refractivity contribution in [2.45, 2.75) is 39.8 Å². The van der Waals surface area contributed by atoms with E-state index >= 15 is 0 Å². The van der Waals surface area contributed by atoms with Gasteiger partial charge in [-0.25, -0.2) is 0 Å². The lowest BCUT2D eigenvalue weighted by atomic mass is 10.00. The first-order valence-electron chi connectivity index (χ1n) is 21.1. The number of rotatable bonds is 13. The highest BCUT2D eigenvalue weighted by atomic mass is 35.5. The number of fused-ring (bicyclic) bond motifs is 6. The Balaban J connectivity index is 0.000000232. The van der Waals surface area contributed by atoms with Crippen LogP contribution >= 0.6 is 23.2 Å². The van der Waals surface area contributed by atoms with Crippen molar-refractivity contribution in [3.63, 3.8) is 0 Å². The van der Waals surface area contributed by atoms with Gasteiger partial charge in [0.25, 0.3) is 0 Å². The van der Waals surface area contributed by atoms with Gasteiger partial charge in [-0.3, -0.25) is 33.5 Å². The van der Waals surface area contributed by atoms with Gasteiger partial charge in [-0.15, -0.1) is 20.4 Å². The fraction of sp³-hybridized carbons (Fsp3) is 0.277. The summed E-state index contributed by atoms with van der Waals surface area (Å²) in [4.78, 5) is 55.6. The zero-order chi connectivity index (χ0) is 48.0. The van der Waals surface area contributed by atoms with E-state index in [2.05, 4.69) is 41.7 Å². The number of aldehydes is 1. The van der Waals surface area contributed by atoms with Gasteiger partial charge >= 0.3 is 0 Å². The largest absolute Gasteiger partial charge is 0.497 e. The number of halogens is 2. The van der Waals surface area contributed by atoms with Gasteiger partial charge in [0.1, 0.15) is 42.0 Å². The second-order valence-corrected chi connectivity index (χ2v) is 15.7. The standard InChI is InChI=1S/C27H31ClN8O4.C18H15ClN4O.C2H4O/c1-16-34-35-27-21(13-23(37)31-15-25(39)32-14-24(38)30-11-10-29-2)33-26(17-4-6-18(28)7-5-17)20-12-19(40-3)8-9-22(20)36(16)27;1-11-21-22-17-10-20-18(12-3-5-13(19)6-4-12)15-9-14(24-2)7-8-16(15)23(11)17;1-2-3/h4-9,12,21,29H,10-11,13-15H2,1-3H3,(H,30,38)(H,31,37)(H,32,39);3-9H,10H2,1-2H3;2H,1H3. The molecule has 2 aliphatic heterocycles. The number of methoxy groups -OCH3 is 2. The molecule has 0 saturated heterocycles. The lowest BCUT2D eigenvalue weighted by molar-refractivity contribution is -0.127. The van der Waals surface area contributed by atoms with Gasteiger partial charge in [0, 0.05) is 45.4 Å². The first-order valence-corrected chi connectivity index (χ1v) is 21.8. The highest BCUT2D eigenvalue weighted by Gasteiger charge is 2.30. The quantitative estimate of drug-likeness (QED) is 0.0903. The number of benzene rings is 4. The van der Waals surface area contributed by atoms with Crippen LogP contribution in [0.3, 0.4) is 0 Å². The molecular formula is C47H50Cl2N12O6. The lowest BCUT2D eigenvalue weighted by Gasteiger charge is -2.14. The van der Waals surface area contributed by atoms with Crippen LogP contribution in [-0.4, -0.2) is 112 Å². The van der Waals surface area contributed by atoms with Crippen molar-refractivity contribution in [3.8, 4) is 22.9 Å². The molecule has 4 heterocycles. The molecule has 2 aliphatic rings. The van der Waals surface area contributed by atoms with Gasteiger partial charge in [0.15, 0.2) is 11.6 Å². The van der Waals surface area contributed by atoms with Gasteiger partial charge in [-0.1, -0.05) is 47.5 Å². The van der Waals surface area contributed by atoms with Crippen molar-refractivity contribution in [2.75, 3.05) is 47.4 Å². The number of nitrogens with one attached hydrogen (secondary N) is 4. The molecule has 1 atom stereocenters. The maximum Gasteiger partial charge on any atom is 0.239 e. The Morgan fingerprint density at radius 1 is 0.687 bits per heavy atom. The lowest BCUT2D eigenvalue weighted by Crippen LogP contribution is -2.43. The Kier molecular flexibility index (Phi) is 17.1. The van der Waals surface area contributed by atoms with E-state index in [4.69, 9.17) is 47.5 Å². The zero-order valence-corrected chi connectivity index (χ0v) is 39.3. The molecule has 4 aromatic carbocycles. The molecule has 0 aliphatic carbocycles. The molecule has 0 saturated carbocycles. The summed E-state index contributed by atoms with van der Waals surface area (Å²) in [7, 11) is 5.02. The van der Waals surface area contributed by atoms with Crippen LogP contribution in [-0.2, 0) is 25.7 Å². The van der Waals surface area contributed by atoms with Gasteiger partial charge < -0.3 is 35.5 Å². The second-order valence-electron chi connectivity index (χ2n) is 14.8. The molecule has 20 heteroatoms. The minimum atomic E-state index is -0.703. The molecule has 2 aromatic heterocycles. The molecule has 0 fully saturated rings. The van der Waals surface area contributed by atoms with Crippen LogP contribution in [0.1, 0.15) is 64.9 Å². The second kappa shape index (κ2) is 23.3. The maximum absolute atomic E-state index is 13.0. The number of hydrogen-bond donors (Lipinski definition) is 4. The molecule has 348 valence electrons. The number of likely N-dealkylation sites (N-methyl/N-ethyl adjacent to an activating group) is 1. The molecule has 0 bridgehead atoms. The minimum absolute atomic E-state index is 0.0852. The smallest absolute Gasteiger partial charge is 0.239 e. The van der Waals surface area contributed by atoms with Crippen molar-refractivity contribution in [1.29, 1.82) is 0 Å². The summed E-state index contributed by atoms with van der Waals surface area (Å²) < 4.78 is 14.8. The summed E-state index contributed by atoms with van der Waals surface area (Å²) in [5, 5.41) is 29.0. The molecule has 67 heavy (non-hydrogen) atoms. The van der Waals surface area contributed by atoms with E-state index in [1.54, 1.807) is 33.4 Å². The van der Waals surface area contributed by atoms with E-state index in [1.807, 2.05) is 95.8 Å². The first kappa shape index (κ1) is 49.2. The molecular weight excluding hydrogens is 900 g/mol. The third-order valence-electron chi connectivity index (χ3n) is 10.3. The molecule has 18 nitrogen and oxygen atoms in total. The SMILES string of the molecule is CC=O.CNCCNC(=O)CNC(=O)CNC(=O)CC1N=C(c2ccc(Cl)cc2)c2cc(OC)ccc2-n2c(C)nnc21.COc1ccc2c(c1)C(c1ccc(Cl)cc1)=NCc1nnc(C)n1-2. The number of carbonyl (C=O) groups is 4. The number of amides is 3. The summed E-state index contributed by atoms with van der Waals surface area (Å²) in [5.74, 6) is 3.00. The normalized spacial score (nSPS) is 13.0. The first-order chi connectivity index (χ1) is 32.4. The third-order valence-corrected chi connectivity index (χ3v) is 10.8. The van der Waals surface area contributed by atoms with E-state index in [1.165, 1.54) is 6.92 Å². The average molecular weight is 950 g/mol. The number of nitrogens with zero attached hydrogens (tertiary/aromatic N) is 8. The Bertz CT molecular complexity index is 2790. The van der Waals surface area contributed by atoms with Crippen LogP contribution in [0.2, 0.25) is 10.0 Å². The Hall–Kier alpha value is -7.28. The van der Waals surface area contributed by atoms with Crippen molar-refractivity contribution < 1.29 is 28.7 Å². The predicted octanol–water partition coefficient (Wildman–Crippen LogP) is 4.88. The third kappa shape index (κ3) is 12.1. The van der Waals surface area contributed by atoms with Gasteiger partial charge in [0.05, 0.1) is 56.5 Å². The molecule has 6 aromatic rings. The van der Waals surface area contributed by atoms with Crippen LogP contribution < -0.4 is 30.7 Å². The van der Waals surface area contributed by atoms with Crippen LogP contribution in [0.15, 0.2) is 94.9 Å². The highest BCUT2D eigenvalue weighted by molar-refractivity contribution is 6.31. The number of aliphatic imine (C=N–C) groups is 2. The van der Waals surface area contributed by atoms with E-state index in [9.17, 15) is 14.4 Å². The maximum atomic E-state index is 13.0. The summed E-state index contributed by atoms with van der Waals surface area (Å²) >= 11 is 12.2. The molecule has 0 spiro atoms. The topological polar surface area (TPSA) is 221 Å². The zero-order valence-electron chi connectivity index (χ0n) is 37.8. The Morgan fingerprint density at radius 3 is 1.78 bits per heavy atom. The number of aryl methyl sites for hydroxylation is 2. The number of hydrogen-bond acceptors (Lipinski definition) is 13. The van der Waals surface area contributed by atoms with Crippen LogP contribution in [0.25, 0.3) is 11.4 Å². The molecule has 4 N–H and O–H groups in total. The predicted molar refractivity (Wildman–Crippen MR) is 255 cm³/mol. The fourth-order valence-corrected chi connectivity index (χ4v) is 7.42. The molecule has 3 amide bonds. The molecule has 0 radical (unpaired) electrons. The van der Waals surface area contributed by atoms with Crippen molar-refractivity contribution >= 4 is 58.6 Å². The van der Waals surface area contributed by atoms with E-state index in [0.29, 0.717) is 52.8 Å². The van der Waals surface area contributed by atoms with Crippen molar-refractivity contribution in [1.82, 2.24) is 50.8 Å². The van der Waals surface area contributed by atoms with Crippen molar-refractivity contribution in [3.05, 3.63) is 141 Å². The van der Waals surface area contributed by atoms with Gasteiger partial charge in [-0.2, -0.15) is 0 Å². The summed E-state index contributed by atoms with van der Waals surface area (Å²) in [5.41, 5.74) is 6.89. The fourth-order valence-electron chi connectivity index (χ4n) is 7.17. The van der Waals surface area contributed by atoms with Crippen molar-refractivity contribution in [2.24, 2.45) is 9.98 Å². The summed E-state index contributed by atoms with van der Waals surface area (Å²) in [6.07, 6.45) is 0.665. The number of ether oxygens (including phenoxy) is 2. The molecule has 8 rings (SSSR count). The summed E-state index contributed by atoms with van der Waals surface area (Å²) in [6, 6.07) is 25.8. The Morgan fingerprint density at radius 2 is 1.19 bits per heavy atom. The van der Waals surface area contributed by atoms with E-state index < -0.39 is 17.9 Å². The highest BCUT2D eigenvalue weighted by Crippen LogP contribution is 2.35. The summed E-state index contributed by atoms with van der Waals surface area (Å²) in [6.45, 7) is 6.28. The Labute approximate surface area is 397 Å². The van der Waals surface area contributed by atoms with E-state index in [0.717, 1.165) is 63.0 Å². The van der Waals surface area contributed by atoms with Gasteiger partial charge in [0.2, 0.25) is 17.7 Å². The minimum Gasteiger partial charge on any atom is -0.497 e. The number of carbonyl (C=O) groups excluding carboxylic acids is 4. The average Bonchev–Trinajstić information content (AvgIpc) is 3.81. The van der Waals surface area contributed by atoms with Crippen LogP contribution in [0.4, 0.5) is 0 Å². The number of aromatic nitrogens is 6. The van der Waals surface area contributed by atoms with E-state index in [-0.39, 0.29) is 25.4 Å². The van der Waals surface area contributed by atoms with Crippen LogP contribution in [0.5, 0.6) is 11.5 Å². The van der Waals surface area contributed by atoms with Crippen LogP contribution in [0, 0.1) is 13.8 Å².